The summed E-state index contributed by atoms with van der Waals surface area (Å²) in [6.45, 7) is 4.39. The molecule has 0 saturated carbocycles. The first-order valence-electron chi connectivity index (χ1n) is 25.5. The van der Waals surface area contributed by atoms with Gasteiger partial charge in [-0.05, 0) is 44.4 Å². The number of aliphatic hydroxyl groups is 4. The molecule has 0 fully saturated rings. The van der Waals surface area contributed by atoms with Gasteiger partial charge in [-0.3, -0.25) is 18.6 Å². The number of carbonyl (C=O) groups is 2. The molecule has 66 heavy (non-hydrogen) atoms. The molecule has 0 aliphatic rings. The third-order valence-electron chi connectivity index (χ3n) is 11.1. The summed E-state index contributed by atoms with van der Waals surface area (Å²) in [5, 5.41) is 38.4. The molecule has 0 aromatic rings. The van der Waals surface area contributed by atoms with Crippen LogP contribution in [0.4, 0.5) is 0 Å². The molecule has 0 saturated heterocycles. The van der Waals surface area contributed by atoms with Gasteiger partial charge in [-0.2, -0.15) is 0 Å². The van der Waals surface area contributed by atoms with E-state index in [0.29, 0.717) is 32.1 Å². The Hall–Kier alpha value is -2.67. The van der Waals surface area contributed by atoms with E-state index in [4.69, 9.17) is 19.1 Å². The lowest BCUT2D eigenvalue weighted by Gasteiger charge is -2.20. The predicted octanol–water partition coefficient (Wildman–Crippen LogP) is 12.2. The van der Waals surface area contributed by atoms with Crippen LogP contribution in [0.1, 0.15) is 194 Å². The minimum atomic E-state index is -4.67. The lowest BCUT2D eigenvalue weighted by molar-refractivity contribution is -0.161. The number of esters is 2. The van der Waals surface area contributed by atoms with Gasteiger partial charge in [-0.25, -0.2) is 4.57 Å². The minimum Gasteiger partial charge on any atom is -0.462 e. The molecule has 0 heterocycles. The van der Waals surface area contributed by atoms with Crippen LogP contribution in [-0.2, 0) is 32.7 Å². The van der Waals surface area contributed by atoms with Crippen LogP contribution >= 0.6 is 7.82 Å². The molecule has 12 nitrogen and oxygen atoms in total. The van der Waals surface area contributed by atoms with Crippen molar-refractivity contribution in [2.45, 2.75) is 219 Å². The molecule has 0 radical (unpaired) electrons. The van der Waals surface area contributed by atoms with Crippen LogP contribution in [0, 0.1) is 5.92 Å². The summed E-state index contributed by atoms with van der Waals surface area (Å²) in [5.74, 6) is -0.204. The average Bonchev–Trinajstić information content (AvgIpc) is 3.30. The average molecular weight is 953 g/mol. The van der Waals surface area contributed by atoms with Gasteiger partial charge in [0.05, 0.1) is 32.0 Å². The van der Waals surface area contributed by atoms with Crippen molar-refractivity contribution in [2.75, 3.05) is 26.4 Å². The molecule has 0 bridgehead atoms. The van der Waals surface area contributed by atoms with Gasteiger partial charge in [0.2, 0.25) is 0 Å². The van der Waals surface area contributed by atoms with E-state index in [2.05, 4.69) is 18.4 Å². The quantitative estimate of drug-likeness (QED) is 0.0128. The molecule has 0 aromatic carbocycles. The van der Waals surface area contributed by atoms with Gasteiger partial charge >= 0.3 is 19.8 Å². The second kappa shape index (κ2) is 46.1. The van der Waals surface area contributed by atoms with Crippen molar-refractivity contribution in [1.29, 1.82) is 0 Å². The molecular weight excluding hydrogens is 860 g/mol. The highest BCUT2D eigenvalue weighted by Gasteiger charge is 2.27. The number of aliphatic hydroxyl groups excluding tert-OH is 4. The van der Waals surface area contributed by atoms with Crippen molar-refractivity contribution >= 4 is 19.8 Å². The van der Waals surface area contributed by atoms with Crippen molar-refractivity contribution in [3.63, 3.8) is 0 Å². The summed E-state index contributed by atoms with van der Waals surface area (Å²) < 4.78 is 32.7. The number of phosphoric ester groups is 1. The Balaban J connectivity index is 4.38. The number of hydrogen-bond acceptors (Lipinski definition) is 11. The highest BCUT2D eigenvalue weighted by molar-refractivity contribution is 7.47. The molecular formula is C53H93O12P. The van der Waals surface area contributed by atoms with E-state index in [0.717, 1.165) is 31.6 Å². The first-order chi connectivity index (χ1) is 31.9. The summed E-state index contributed by atoms with van der Waals surface area (Å²) in [6.07, 6.45) is 46.6. The topological polar surface area (TPSA) is 189 Å². The van der Waals surface area contributed by atoms with E-state index in [-0.39, 0.29) is 19.4 Å². The lowest BCUT2D eigenvalue weighted by atomic mass is 9.99. The monoisotopic (exact) mass is 953 g/mol. The molecule has 2 unspecified atom stereocenters. The molecule has 13 heteroatoms. The zero-order valence-corrected chi connectivity index (χ0v) is 42.2. The van der Waals surface area contributed by atoms with Gasteiger partial charge in [-0.1, -0.05) is 216 Å². The van der Waals surface area contributed by atoms with Gasteiger partial charge < -0.3 is 34.8 Å². The first-order valence-corrected chi connectivity index (χ1v) is 27.0. The van der Waals surface area contributed by atoms with Crippen molar-refractivity contribution < 1.29 is 58.0 Å². The number of ether oxygens (including phenoxy) is 2. The normalized spacial score (nSPS) is 15.7. The number of unbranched alkanes of at least 4 members (excludes halogenated alkanes) is 17. The minimum absolute atomic E-state index is 0.000769. The number of carbonyl (C=O) groups excluding carboxylic acids is 2. The highest BCUT2D eigenvalue weighted by Crippen LogP contribution is 2.43. The summed E-state index contributed by atoms with van der Waals surface area (Å²) in [4.78, 5) is 35.1. The maximum Gasteiger partial charge on any atom is 0.472 e. The maximum atomic E-state index is 12.6. The van der Waals surface area contributed by atoms with Crippen molar-refractivity contribution in [3.05, 3.63) is 72.9 Å². The van der Waals surface area contributed by atoms with Gasteiger partial charge in [0.25, 0.3) is 0 Å². The number of phosphoric acid groups is 1. The summed E-state index contributed by atoms with van der Waals surface area (Å²) in [7, 11) is -4.67. The Morgan fingerprint density at radius 3 is 1.58 bits per heavy atom. The van der Waals surface area contributed by atoms with Crippen LogP contribution in [0.15, 0.2) is 72.9 Å². The van der Waals surface area contributed by atoms with Crippen LogP contribution in [0.5, 0.6) is 0 Å². The Kier molecular flexibility index (Phi) is 44.2. The van der Waals surface area contributed by atoms with Crippen LogP contribution in [0.2, 0.25) is 0 Å². The number of allylic oxidation sites excluding steroid dienone is 8. The van der Waals surface area contributed by atoms with Crippen molar-refractivity contribution in [3.8, 4) is 0 Å². The number of rotatable bonds is 46. The fourth-order valence-electron chi connectivity index (χ4n) is 6.76. The number of hydrogen-bond donors (Lipinski definition) is 5. The Morgan fingerprint density at radius 1 is 0.576 bits per heavy atom. The zero-order chi connectivity index (χ0) is 48.8. The molecule has 6 atom stereocenters. The maximum absolute atomic E-state index is 12.6. The lowest BCUT2D eigenvalue weighted by Crippen LogP contribution is -2.29. The molecule has 0 amide bonds. The molecule has 0 rings (SSSR count). The largest absolute Gasteiger partial charge is 0.472 e. The highest BCUT2D eigenvalue weighted by atomic mass is 31.2. The van der Waals surface area contributed by atoms with E-state index >= 15 is 0 Å². The Bertz CT molecular complexity index is 1380. The van der Waals surface area contributed by atoms with Crippen molar-refractivity contribution in [2.24, 2.45) is 5.92 Å². The van der Waals surface area contributed by atoms with Crippen LogP contribution in [0.3, 0.4) is 0 Å². The first kappa shape index (κ1) is 63.3. The molecule has 0 aliphatic carbocycles. The second-order valence-electron chi connectivity index (χ2n) is 17.5. The van der Waals surface area contributed by atoms with Crippen LogP contribution < -0.4 is 0 Å². The van der Waals surface area contributed by atoms with E-state index in [1.54, 1.807) is 36.5 Å². The fourth-order valence-corrected chi connectivity index (χ4v) is 7.55. The van der Waals surface area contributed by atoms with Gasteiger partial charge in [0, 0.05) is 12.8 Å². The third kappa shape index (κ3) is 45.1. The molecule has 382 valence electrons. The summed E-state index contributed by atoms with van der Waals surface area (Å²) in [5.41, 5.74) is 0. The third-order valence-corrected chi connectivity index (χ3v) is 12.0. The second-order valence-corrected chi connectivity index (χ2v) is 18.9. The van der Waals surface area contributed by atoms with E-state index in [9.17, 15) is 34.4 Å². The Morgan fingerprint density at radius 2 is 1.06 bits per heavy atom. The van der Waals surface area contributed by atoms with Gasteiger partial charge in [0.1, 0.15) is 12.7 Å². The summed E-state index contributed by atoms with van der Waals surface area (Å²) >= 11 is 0. The van der Waals surface area contributed by atoms with Crippen LogP contribution in [0.25, 0.3) is 0 Å². The summed E-state index contributed by atoms with van der Waals surface area (Å²) in [6, 6.07) is 0. The smallest absolute Gasteiger partial charge is 0.462 e. The molecule has 0 spiro atoms. The van der Waals surface area contributed by atoms with Gasteiger partial charge in [-0.15, -0.1) is 0 Å². The molecule has 5 N–H and O–H groups in total. The van der Waals surface area contributed by atoms with Gasteiger partial charge in [0.15, 0.2) is 6.10 Å². The van der Waals surface area contributed by atoms with Crippen LogP contribution in [-0.4, -0.2) is 88.1 Å². The molecule has 0 aromatic heterocycles. The van der Waals surface area contributed by atoms with E-state index < -0.39 is 64.0 Å². The SMILES string of the molecule is CC/C=C\C[C@H](O)/C=C/C=C\C=C\[C@H](O)C/C=C\C/C=C\CCC(=O)O[C@H](COC(=O)CCCCCCCCCCCCCCCCCCCCC(C)CC)COP(=O)(O)OC[C@@H](O)CO. The predicted molar refractivity (Wildman–Crippen MR) is 268 cm³/mol. The zero-order valence-electron chi connectivity index (χ0n) is 41.3. The van der Waals surface area contributed by atoms with E-state index in [1.807, 2.05) is 43.4 Å². The van der Waals surface area contributed by atoms with Crippen molar-refractivity contribution in [1.82, 2.24) is 0 Å². The Labute approximate surface area is 400 Å². The standard InChI is InChI=1S/C53H93O12P/c1-4-6-29-37-48(55)39-32-27-28-33-40-49(56)38-31-24-21-22-26-35-42-53(59)65-51(46-64-66(60,61)63-44-50(57)43-54)45-62-52(58)41-34-25-20-18-16-14-12-10-8-7-9-11-13-15-17-19-23-30-36-47(3)5-2/h6,22,24,26-29,31-33,39-40,47-51,54-57H,4-5,7-21,23,25,30,34-38,41-46H2,1-3H3,(H,60,61)/b26-22-,28-27-,29-6-,31-24-,39-32+,40-33+/t47?,48-,49+,50-,51+/m0/s1. The van der Waals surface area contributed by atoms with E-state index in [1.165, 1.54) is 103 Å². The molecule has 0 aliphatic heterocycles. The fraction of sp³-hybridized carbons (Fsp3) is 0.736.